The molecule has 7 nitrogen and oxygen atoms in total. The first-order valence-electron chi connectivity index (χ1n) is 10.5. The van der Waals surface area contributed by atoms with Crippen molar-refractivity contribution in [3.8, 4) is 11.5 Å². The second-order valence-corrected chi connectivity index (χ2v) is 9.14. The number of hydrogen-bond donors (Lipinski definition) is 1. The Morgan fingerprint density at radius 1 is 1.09 bits per heavy atom. The van der Waals surface area contributed by atoms with Gasteiger partial charge in [-0.15, -0.1) is 17.9 Å². The number of rotatable bonds is 13. The van der Waals surface area contributed by atoms with Crippen LogP contribution in [0.2, 0.25) is 0 Å². The van der Waals surface area contributed by atoms with Crippen molar-refractivity contribution >= 4 is 33.2 Å². The lowest BCUT2D eigenvalue weighted by Gasteiger charge is -2.33. The summed E-state index contributed by atoms with van der Waals surface area (Å²) in [5.74, 6) is 0.475. The maximum atomic E-state index is 12.7. The lowest BCUT2D eigenvalue weighted by molar-refractivity contribution is -0.151. The summed E-state index contributed by atoms with van der Waals surface area (Å²) in [5, 5.41) is 12.8. The molecule has 0 saturated carbocycles. The molecule has 0 aliphatic rings. The van der Waals surface area contributed by atoms with E-state index in [0.717, 1.165) is 22.6 Å². The molecule has 1 heterocycles. The first-order valence-corrected chi connectivity index (χ1v) is 12.2. The highest BCUT2D eigenvalue weighted by molar-refractivity contribution is 9.10. The fourth-order valence-electron chi connectivity index (χ4n) is 3.53. The van der Waals surface area contributed by atoms with E-state index >= 15 is 0 Å². The number of hydrogen-bond acceptors (Lipinski definition) is 7. The van der Waals surface area contributed by atoms with Gasteiger partial charge >= 0.3 is 5.97 Å². The van der Waals surface area contributed by atoms with Crippen LogP contribution in [0.5, 0.6) is 11.5 Å². The molecule has 0 unspecified atom stereocenters. The topological polar surface area (TPSA) is 81.1 Å². The maximum absolute atomic E-state index is 12.7. The summed E-state index contributed by atoms with van der Waals surface area (Å²) >= 11 is 4.72. The molecule has 0 spiro atoms. The van der Waals surface area contributed by atoms with E-state index in [-0.39, 0.29) is 6.61 Å². The smallest absolute Gasteiger partial charge is 0.324 e. The normalized spacial score (nSPS) is 12.8. The molecule has 3 rings (SSSR count). The Morgan fingerprint density at radius 3 is 2.00 bits per heavy atom. The van der Waals surface area contributed by atoms with E-state index in [1.807, 2.05) is 58.8 Å². The highest BCUT2D eigenvalue weighted by Gasteiger charge is 2.37. The SMILES string of the molecule is C=CCO[C@H](c1nc(Br)cs1)[C@@H](C(=O)O)N(Cc1ccc(OC)cc1)Cc1ccc(OC)cc1. The summed E-state index contributed by atoms with van der Waals surface area (Å²) in [6.45, 7) is 4.68. The van der Waals surface area contributed by atoms with Crippen LogP contribution < -0.4 is 9.47 Å². The van der Waals surface area contributed by atoms with Crippen LogP contribution in [0.15, 0.2) is 71.2 Å². The molecule has 0 aliphatic carbocycles. The fourth-order valence-corrected chi connectivity index (χ4v) is 4.87. The lowest BCUT2D eigenvalue weighted by atomic mass is 10.1. The van der Waals surface area contributed by atoms with Gasteiger partial charge in [0.2, 0.25) is 0 Å². The number of halogens is 1. The molecule has 0 aliphatic heterocycles. The van der Waals surface area contributed by atoms with Gasteiger partial charge in [-0.2, -0.15) is 0 Å². The van der Waals surface area contributed by atoms with Gasteiger partial charge in [0.15, 0.2) is 0 Å². The third-order valence-electron chi connectivity index (χ3n) is 5.15. The fraction of sp³-hybridized carbons (Fsp3) is 0.280. The minimum absolute atomic E-state index is 0.199. The maximum Gasteiger partial charge on any atom is 0.324 e. The zero-order valence-corrected chi connectivity index (χ0v) is 21.4. The molecule has 9 heteroatoms. The van der Waals surface area contributed by atoms with Gasteiger partial charge in [0.05, 0.1) is 20.8 Å². The van der Waals surface area contributed by atoms with Crippen LogP contribution in [0.4, 0.5) is 0 Å². The molecule has 0 amide bonds. The van der Waals surface area contributed by atoms with Crippen LogP contribution in [0.3, 0.4) is 0 Å². The summed E-state index contributed by atoms with van der Waals surface area (Å²) in [6.07, 6.45) is 0.814. The molecule has 2 atom stereocenters. The highest BCUT2D eigenvalue weighted by atomic mass is 79.9. The van der Waals surface area contributed by atoms with Crippen LogP contribution in [0.1, 0.15) is 22.2 Å². The van der Waals surface area contributed by atoms with Crippen molar-refractivity contribution in [3.63, 3.8) is 0 Å². The van der Waals surface area contributed by atoms with E-state index in [1.165, 1.54) is 11.3 Å². The van der Waals surface area contributed by atoms with E-state index in [1.54, 1.807) is 20.3 Å². The second kappa shape index (κ2) is 12.7. The van der Waals surface area contributed by atoms with Crippen LogP contribution in [-0.4, -0.2) is 47.8 Å². The van der Waals surface area contributed by atoms with Crippen LogP contribution in [0, 0.1) is 0 Å². The molecule has 1 N–H and O–H groups in total. The first-order chi connectivity index (χ1) is 16.4. The summed E-state index contributed by atoms with van der Waals surface area (Å²) < 4.78 is 17.1. The lowest BCUT2D eigenvalue weighted by Crippen LogP contribution is -2.45. The molecule has 2 aromatic carbocycles. The van der Waals surface area contributed by atoms with Crippen molar-refractivity contribution in [2.75, 3.05) is 20.8 Å². The van der Waals surface area contributed by atoms with Gasteiger partial charge in [-0.05, 0) is 51.3 Å². The number of benzene rings is 2. The van der Waals surface area contributed by atoms with Gasteiger partial charge in [-0.1, -0.05) is 30.3 Å². The second-order valence-electron chi connectivity index (χ2n) is 7.44. The van der Waals surface area contributed by atoms with Crippen molar-refractivity contribution in [1.82, 2.24) is 9.88 Å². The van der Waals surface area contributed by atoms with E-state index < -0.39 is 18.1 Å². The predicted octanol–water partition coefficient (Wildman–Crippen LogP) is 5.32. The summed E-state index contributed by atoms with van der Waals surface area (Å²) in [6, 6.07) is 14.2. The van der Waals surface area contributed by atoms with Gasteiger partial charge < -0.3 is 19.3 Å². The van der Waals surface area contributed by atoms with Crippen LogP contribution in [0.25, 0.3) is 0 Å². The molecule has 0 bridgehead atoms. The molecule has 0 saturated heterocycles. The summed E-state index contributed by atoms with van der Waals surface area (Å²) in [4.78, 5) is 19.0. The number of carbonyl (C=O) groups is 1. The molecular formula is C25H27BrN2O5S. The summed E-state index contributed by atoms with van der Waals surface area (Å²) in [7, 11) is 3.22. The number of thiazole rings is 1. The number of ether oxygens (including phenoxy) is 3. The Labute approximate surface area is 211 Å². The third kappa shape index (κ3) is 6.89. The van der Waals surface area contributed by atoms with Crippen molar-refractivity contribution in [2.45, 2.75) is 25.2 Å². The van der Waals surface area contributed by atoms with Crippen molar-refractivity contribution < 1.29 is 24.1 Å². The Balaban J connectivity index is 1.99. The van der Waals surface area contributed by atoms with E-state index in [0.29, 0.717) is 22.7 Å². The monoisotopic (exact) mass is 546 g/mol. The first kappa shape index (κ1) is 25.9. The minimum Gasteiger partial charge on any atom is -0.497 e. The molecule has 180 valence electrons. The largest absolute Gasteiger partial charge is 0.497 e. The van der Waals surface area contributed by atoms with E-state index in [9.17, 15) is 9.90 Å². The Bertz CT molecular complexity index is 1020. The number of carboxylic acid groups (broad SMARTS) is 1. The number of carboxylic acids is 1. The van der Waals surface area contributed by atoms with Crippen LogP contribution >= 0.6 is 27.3 Å². The van der Waals surface area contributed by atoms with Gasteiger partial charge in [-0.25, -0.2) is 4.98 Å². The van der Waals surface area contributed by atoms with Gasteiger partial charge in [0, 0.05) is 18.5 Å². The van der Waals surface area contributed by atoms with E-state index in [4.69, 9.17) is 14.2 Å². The van der Waals surface area contributed by atoms with Gasteiger partial charge in [0.25, 0.3) is 0 Å². The van der Waals surface area contributed by atoms with Crippen LogP contribution in [-0.2, 0) is 22.6 Å². The quantitative estimate of drug-likeness (QED) is 0.290. The standard InChI is InChI=1S/C25H27BrN2O5S/c1-4-13-33-23(24-27-21(26)16-34-24)22(25(29)30)28(14-17-5-9-19(31-2)10-6-17)15-18-7-11-20(32-3)12-8-18/h4-12,16,22-23H,1,13-15H2,2-3H3,(H,29,30)/t22-,23-/m0/s1. The van der Waals surface area contributed by atoms with Crippen molar-refractivity contribution in [2.24, 2.45) is 0 Å². The Morgan fingerprint density at radius 2 is 1.62 bits per heavy atom. The number of aromatic nitrogens is 1. The summed E-state index contributed by atoms with van der Waals surface area (Å²) in [5.41, 5.74) is 1.90. The molecule has 0 radical (unpaired) electrons. The minimum atomic E-state index is -0.998. The van der Waals surface area contributed by atoms with Crippen molar-refractivity contribution in [1.29, 1.82) is 0 Å². The van der Waals surface area contributed by atoms with E-state index in [2.05, 4.69) is 27.5 Å². The average molecular weight is 547 g/mol. The molecule has 1 aromatic heterocycles. The Hall–Kier alpha value is -2.72. The zero-order chi connectivity index (χ0) is 24.5. The number of nitrogens with zero attached hydrogens (tertiary/aromatic N) is 2. The molecule has 3 aromatic rings. The number of methoxy groups -OCH3 is 2. The third-order valence-corrected chi connectivity index (χ3v) is 6.77. The zero-order valence-electron chi connectivity index (χ0n) is 19.0. The molecular weight excluding hydrogens is 520 g/mol. The van der Waals surface area contributed by atoms with Gasteiger partial charge in [0.1, 0.15) is 33.3 Å². The molecule has 0 fully saturated rings. The number of aliphatic carboxylic acids is 1. The Kier molecular flexibility index (Phi) is 9.64. The van der Waals surface area contributed by atoms with Crippen molar-refractivity contribution in [3.05, 3.63) is 87.3 Å². The highest BCUT2D eigenvalue weighted by Crippen LogP contribution is 2.32. The average Bonchev–Trinajstić information content (AvgIpc) is 3.28. The van der Waals surface area contributed by atoms with Gasteiger partial charge in [-0.3, -0.25) is 9.69 Å². The predicted molar refractivity (Wildman–Crippen MR) is 135 cm³/mol. The molecule has 34 heavy (non-hydrogen) atoms.